The zero-order valence-corrected chi connectivity index (χ0v) is 14.7. The van der Waals surface area contributed by atoms with Gasteiger partial charge in [0.2, 0.25) is 5.91 Å². The molecule has 0 aliphatic heterocycles. The topological polar surface area (TPSA) is 64.0 Å². The predicted molar refractivity (Wildman–Crippen MR) is 94.1 cm³/mol. The third kappa shape index (κ3) is 2.81. The Bertz CT molecular complexity index is 714. The molecule has 0 radical (unpaired) electrons. The van der Waals surface area contributed by atoms with Crippen LogP contribution in [0.3, 0.4) is 0 Å². The molecule has 1 aromatic heterocycles. The Kier molecular flexibility index (Phi) is 3.54. The average molecular weight is 341 g/mol. The van der Waals surface area contributed by atoms with Crippen molar-refractivity contribution >= 4 is 5.91 Å². The molecule has 1 amide bonds. The minimum atomic E-state index is -0.108. The van der Waals surface area contributed by atoms with Crippen LogP contribution in [0, 0.1) is 23.2 Å². The summed E-state index contributed by atoms with van der Waals surface area (Å²) in [6, 6.07) is 3.46. The van der Waals surface area contributed by atoms with Gasteiger partial charge in [0.1, 0.15) is 0 Å². The van der Waals surface area contributed by atoms with Gasteiger partial charge in [0.05, 0.1) is 12.2 Å². The summed E-state index contributed by atoms with van der Waals surface area (Å²) in [6.07, 6.45) is 9.64. The van der Waals surface area contributed by atoms with Gasteiger partial charge in [-0.1, -0.05) is 0 Å². The highest BCUT2D eigenvalue weighted by Crippen LogP contribution is 2.60. The number of nitrogens with one attached hydrogen (secondary N) is 1. The second kappa shape index (κ2) is 5.68. The summed E-state index contributed by atoms with van der Waals surface area (Å²) in [7, 11) is 0. The first-order valence-electron chi connectivity index (χ1n) is 9.98. The van der Waals surface area contributed by atoms with Gasteiger partial charge in [0, 0.05) is 23.9 Å². The Labute approximate surface area is 148 Å². The van der Waals surface area contributed by atoms with Crippen molar-refractivity contribution < 1.29 is 4.79 Å². The van der Waals surface area contributed by atoms with E-state index in [2.05, 4.69) is 10.4 Å². The Morgan fingerprint density at radius 3 is 2.36 bits per heavy atom. The van der Waals surface area contributed by atoms with Crippen molar-refractivity contribution in [2.75, 3.05) is 6.54 Å². The smallest absolute Gasteiger partial charge is 0.266 e. The molecule has 0 spiro atoms. The Morgan fingerprint density at radius 1 is 1.12 bits per heavy atom. The number of hydrogen-bond donors (Lipinski definition) is 1. The van der Waals surface area contributed by atoms with Crippen molar-refractivity contribution in [3.63, 3.8) is 0 Å². The lowest BCUT2D eigenvalue weighted by Gasteiger charge is -2.55. The van der Waals surface area contributed by atoms with Crippen LogP contribution in [0.1, 0.15) is 63.0 Å². The maximum atomic E-state index is 12.9. The van der Waals surface area contributed by atoms with E-state index >= 15 is 0 Å². The molecule has 0 atom stereocenters. The highest BCUT2D eigenvalue weighted by Gasteiger charge is 2.54. The molecule has 1 aromatic rings. The van der Waals surface area contributed by atoms with Gasteiger partial charge >= 0.3 is 0 Å². The van der Waals surface area contributed by atoms with Crippen LogP contribution in [0.15, 0.2) is 16.9 Å². The second-order valence-corrected chi connectivity index (χ2v) is 9.05. The standard InChI is InChI=1S/C20H27N3O2/c24-18-4-3-17(16-1-2-16)22-23(18)6-5-21-19(25)20-10-13-7-14(11-20)9-15(8-13)12-20/h3-4,13-16H,1-2,5-12H2,(H,21,25). The van der Waals surface area contributed by atoms with Gasteiger partial charge in [-0.15, -0.1) is 0 Å². The maximum absolute atomic E-state index is 12.9. The van der Waals surface area contributed by atoms with Crippen LogP contribution >= 0.6 is 0 Å². The molecule has 5 aliphatic carbocycles. The fourth-order valence-electron chi connectivity index (χ4n) is 6.07. The van der Waals surface area contributed by atoms with Gasteiger partial charge in [-0.3, -0.25) is 9.59 Å². The van der Waals surface area contributed by atoms with Crippen LogP contribution in [-0.4, -0.2) is 22.2 Å². The minimum Gasteiger partial charge on any atom is -0.354 e. The molecule has 5 heteroatoms. The fraction of sp³-hybridized carbons (Fsp3) is 0.750. The van der Waals surface area contributed by atoms with Crippen LogP contribution < -0.4 is 10.9 Å². The molecular formula is C20H27N3O2. The van der Waals surface area contributed by atoms with Gasteiger partial charge in [-0.25, -0.2) is 4.68 Å². The van der Waals surface area contributed by atoms with Crippen LogP contribution in [-0.2, 0) is 11.3 Å². The predicted octanol–water partition coefficient (Wildman–Crippen LogP) is 2.45. The monoisotopic (exact) mass is 341 g/mol. The van der Waals surface area contributed by atoms with Crippen LogP contribution in [0.4, 0.5) is 0 Å². The zero-order chi connectivity index (χ0) is 17.0. The maximum Gasteiger partial charge on any atom is 0.266 e. The van der Waals surface area contributed by atoms with Crippen molar-refractivity contribution in [2.24, 2.45) is 23.2 Å². The number of carbonyl (C=O) groups excluding carboxylic acids is 1. The molecule has 0 saturated heterocycles. The number of amides is 1. The molecule has 1 N–H and O–H groups in total. The first kappa shape index (κ1) is 15.6. The van der Waals surface area contributed by atoms with Gasteiger partial charge in [-0.2, -0.15) is 5.10 Å². The Morgan fingerprint density at radius 2 is 1.76 bits per heavy atom. The molecule has 0 aromatic carbocycles. The molecule has 5 fully saturated rings. The molecule has 1 heterocycles. The fourth-order valence-corrected chi connectivity index (χ4v) is 6.07. The molecule has 5 aliphatic rings. The number of hydrogen-bond acceptors (Lipinski definition) is 3. The summed E-state index contributed by atoms with van der Waals surface area (Å²) in [5.41, 5.74) is 0.837. The van der Waals surface area contributed by atoms with Crippen molar-refractivity contribution in [1.82, 2.24) is 15.1 Å². The van der Waals surface area contributed by atoms with Gasteiger partial charge in [-0.05, 0) is 75.2 Å². The lowest BCUT2D eigenvalue weighted by atomic mass is 9.49. The normalized spacial score (nSPS) is 35.8. The lowest BCUT2D eigenvalue weighted by Crippen LogP contribution is -2.54. The summed E-state index contributed by atoms with van der Waals surface area (Å²) in [6.45, 7) is 0.971. The van der Waals surface area contributed by atoms with Crippen molar-refractivity contribution in [2.45, 2.75) is 63.8 Å². The zero-order valence-electron chi connectivity index (χ0n) is 14.7. The van der Waals surface area contributed by atoms with Crippen molar-refractivity contribution in [3.05, 3.63) is 28.2 Å². The molecule has 5 nitrogen and oxygen atoms in total. The molecule has 0 unspecified atom stereocenters. The third-order valence-electron chi connectivity index (χ3n) is 7.01. The summed E-state index contributed by atoms with van der Waals surface area (Å²) in [4.78, 5) is 24.9. The third-order valence-corrected chi connectivity index (χ3v) is 7.01. The quantitative estimate of drug-likeness (QED) is 0.895. The van der Waals surface area contributed by atoms with E-state index in [0.29, 0.717) is 19.0 Å². The first-order valence-corrected chi connectivity index (χ1v) is 9.98. The largest absolute Gasteiger partial charge is 0.354 e. The summed E-state index contributed by atoms with van der Waals surface area (Å²) in [5, 5.41) is 7.62. The number of rotatable bonds is 5. The average Bonchev–Trinajstić information content (AvgIpc) is 3.40. The van der Waals surface area contributed by atoms with Crippen LogP contribution in [0.2, 0.25) is 0 Å². The van der Waals surface area contributed by atoms with E-state index in [1.54, 1.807) is 6.07 Å². The van der Waals surface area contributed by atoms with E-state index in [0.717, 1.165) is 42.7 Å². The van der Waals surface area contributed by atoms with Crippen molar-refractivity contribution in [3.8, 4) is 0 Å². The van der Waals surface area contributed by atoms with Gasteiger partial charge in [0.25, 0.3) is 5.56 Å². The van der Waals surface area contributed by atoms with E-state index in [1.807, 2.05) is 6.07 Å². The SMILES string of the molecule is O=C(NCCn1nc(C2CC2)ccc1=O)C12CC3CC(CC(C3)C1)C2. The second-order valence-electron chi connectivity index (χ2n) is 9.05. The number of carbonyl (C=O) groups is 1. The number of aromatic nitrogens is 2. The highest BCUT2D eigenvalue weighted by atomic mass is 16.2. The summed E-state index contributed by atoms with van der Waals surface area (Å²) >= 11 is 0. The van der Waals surface area contributed by atoms with Gasteiger partial charge in [0.15, 0.2) is 0 Å². The lowest BCUT2D eigenvalue weighted by molar-refractivity contribution is -0.146. The summed E-state index contributed by atoms with van der Waals surface area (Å²) in [5.74, 6) is 3.09. The van der Waals surface area contributed by atoms with E-state index < -0.39 is 0 Å². The van der Waals surface area contributed by atoms with Crippen molar-refractivity contribution in [1.29, 1.82) is 0 Å². The number of nitrogens with zero attached hydrogens (tertiary/aromatic N) is 2. The molecule has 6 rings (SSSR count). The van der Waals surface area contributed by atoms with Crippen LogP contribution in [0.25, 0.3) is 0 Å². The Balaban J connectivity index is 1.23. The molecular weight excluding hydrogens is 314 g/mol. The molecule has 25 heavy (non-hydrogen) atoms. The van der Waals surface area contributed by atoms with E-state index in [1.165, 1.54) is 36.8 Å². The van der Waals surface area contributed by atoms with E-state index in [-0.39, 0.29) is 16.9 Å². The first-order chi connectivity index (χ1) is 12.1. The summed E-state index contributed by atoms with van der Waals surface area (Å²) < 4.78 is 1.52. The van der Waals surface area contributed by atoms with E-state index in [4.69, 9.17) is 0 Å². The van der Waals surface area contributed by atoms with Crippen LogP contribution in [0.5, 0.6) is 0 Å². The highest BCUT2D eigenvalue weighted by molar-refractivity contribution is 5.83. The Hall–Kier alpha value is -1.65. The minimum absolute atomic E-state index is 0.0755. The van der Waals surface area contributed by atoms with Gasteiger partial charge < -0.3 is 5.32 Å². The molecule has 134 valence electrons. The molecule has 5 saturated carbocycles. The molecule has 4 bridgehead atoms. The van der Waals surface area contributed by atoms with E-state index in [9.17, 15) is 9.59 Å².